The minimum Gasteiger partial charge on any atom is -0.492 e. The summed E-state index contributed by atoms with van der Waals surface area (Å²) >= 11 is 0. The maximum absolute atomic E-state index is 12.5. The van der Waals surface area contributed by atoms with E-state index < -0.39 is 0 Å². The summed E-state index contributed by atoms with van der Waals surface area (Å²) in [5, 5.41) is 0. The molecule has 1 heterocycles. The number of nitrogens with zero attached hydrogens (tertiary/aromatic N) is 2. The number of hydrogen-bond acceptors (Lipinski definition) is 4. The molecule has 0 aliphatic heterocycles. The fraction of sp³-hybridized carbons (Fsp3) is 0.320. The number of benzene rings is 2. The summed E-state index contributed by atoms with van der Waals surface area (Å²) in [5.74, 6) is 1.37. The molecule has 0 saturated carbocycles. The summed E-state index contributed by atoms with van der Waals surface area (Å²) in [6.07, 6.45) is 2.88. The third kappa shape index (κ3) is 6.22. The van der Waals surface area contributed by atoms with E-state index in [2.05, 4.69) is 18.7 Å². The molecule has 3 rings (SSSR count). The Morgan fingerprint density at radius 1 is 0.867 bits per heavy atom. The van der Waals surface area contributed by atoms with E-state index in [1.807, 2.05) is 60.7 Å². The van der Waals surface area contributed by atoms with Gasteiger partial charge in [-0.15, -0.1) is 0 Å². The van der Waals surface area contributed by atoms with E-state index in [9.17, 15) is 4.79 Å². The highest BCUT2D eigenvalue weighted by molar-refractivity contribution is 5.38. The van der Waals surface area contributed by atoms with Crippen molar-refractivity contribution in [2.24, 2.45) is 0 Å². The Kier molecular flexibility index (Phi) is 8.10. The Bertz CT molecular complexity index is 952. The molecular formula is C25H30N2O3. The molecule has 2 aromatic carbocycles. The van der Waals surface area contributed by atoms with Gasteiger partial charge in [0.05, 0.1) is 0 Å². The molecule has 0 N–H and O–H groups in total. The van der Waals surface area contributed by atoms with Gasteiger partial charge in [0.1, 0.15) is 24.7 Å². The van der Waals surface area contributed by atoms with Crippen LogP contribution in [0.1, 0.15) is 25.8 Å². The first-order valence-electron chi connectivity index (χ1n) is 10.5. The van der Waals surface area contributed by atoms with E-state index in [-0.39, 0.29) is 5.56 Å². The van der Waals surface area contributed by atoms with Crippen molar-refractivity contribution in [2.45, 2.75) is 26.9 Å². The fourth-order valence-electron chi connectivity index (χ4n) is 3.24. The number of aromatic nitrogens is 1. The van der Waals surface area contributed by atoms with E-state index in [4.69, 9.17) is 9.47 Å². The fourth-order valence-corrected chi connectivity index (χ4v) is 3.24. The van der Waals surface area contributed by atoms with Gasteiger partial charge in [0.2, 0.25) is 0 Å². The van der Waals surface area contributed by atoms with Gasteiger partial charge in [0, 0.05) is 24.5 Å². The number of rotatable bonds is 11. The van der Waals surface area contributed by atoms with Crippen molar-refractivity contribution in [3.05, 3.63) is 88.8 Å². The van der Waals surface area contributed by atoms with E-state index in [1.165, 1.54) is 6.07 Å². The molecule has 0 aliphatic rings. The quantitative estimate of drug-likeness (QED) is 0.469. The van der Waals surface area contributed by atoms with Crippen molar-refractivity contribution in [1.29, 1.82) is 0 Å². The van der Waals surface area contributed by atoms with Crippen LogP contribution in [0.2, 0.25) is 0 Å². The first-order chi connectivity index (χ1) is 14.7. The average molecular weight is 407 g/mol. The molecule has 0 radical (unpaired) electrons. The van der Waals surface area contributed by atoms with Crippen LogP contribution < -0.4 is 15.0 Å². The first-order valence-corrected chi connectivity index (χ1v) is 10.5. The molecule has 0 spiro atoms. The van der Waals surface area contributed by atoms with Crippen LogP contribution in [0.3, 0.4) is 0 Å². The number of ether oxygens (including phenoxy) is 2. The zero-order chi connectivity index (χ0) is 21.2. The topological polar surface area (TPSA) is 43.7 Å². The van der Waals surface area contributed by atoms with Crippen LogP contribution in [-0.2, 0) is 6.61 Å². The second-order valence-corrected chi connectivity index (χ2v) is 7.12. The van der Waals surface area contributed by atoms with E-state index >= 15 is 0 Å². The second-order valence-electron chi connectivity index (χ2n) is 7.12. The third-order valence-electron chi connectivity index (χ3n) is 4.92. The predicted octanol–water partition coefficient (Wildman–Crippen LogP) is 4.53. The Morgan fingerprint density at radius 2 is 1.63 bits per heavy atom. The Balaban J connectivity index is 1.57. The van der Waals surface area contributed by atoms with Gasteiger partial charge in [-0.3, -0.25) is 9.36 Å². The van der Waals surface area contributed by atoms with Crippen molar-refractivity contribution >= 4 is 0 Å². The van der Waals surface area contributed by atoms with Crippen LogP contribution in [0, 0.1) is 0 Å². The Hall–Kier alpha value is -3.05. The molecule has 5 heteroatoms. The molecule has 0 aliphatic carbocycles. The lowest BCUT2D eigenvalue weighted by Crippen LogP contribution is -2.29. The van der Waals surface area contributed by atoms with Crippen molar-refractivity contribution in [1.82, 2.24) is 9.47 Å². The van der Waals surface area contributed by atoms with Crippen LogP contribution in [0.25, 0.3) is 5.69 Å². The molecule has 1 aromatic heterocycles. The van der Waals surface area contributed by atoms with E-state index in [0.29, 0.717) is 19.0 Å². The van der Waals surface area contributed by atoms with Crippen LogP contribution in [0.5, 0.6) is 11.5 Å². The largest absolute Gasteiger partial charge is 0.492 e. The maximum atomic E-state index is 12.5. The Morgan fingerprint density at radius 3 is 2.30 bits per heavy atom. The zero-order valence-corrected chi connectivity index (χ0v) is 17.8. The normalized spacial score (nSPS) is 10.9. The summed E-state index contributed by atoms with van der Waals surface area (Å²) in [5.41, 5.74) is 1.73. The molecular weight excluding hydrogens is 376 g/mol. The molecule has 0 fully saturated rings. The van der Waals surface area contributed by atoms with Gasteiger partial charge in [0.15, 0.2) is 0 Å². The van der Waals surface area contributed by atoms with Crippen molar-refractivity contribution in [3.63, 3.8) is 0 Å². The van der Waals surface area contributed by atoms with Crippen LogP contribution in [-0.4, -0.2) is 35.7 Å². The van der Waals surface area contributed by atoms with Gasteiger partial charge >= 0.3 is 0 Å². The Labute approximate surface area is 178 Å². The molecule has 0 amide bonds. The zero-order valence-electron chi connectivity index (χ0n) is 17.8. The van der Waals surface area contributed by atoms with E-state index in [1.54, 1.807) is 10.8 Å². The summed E-state index contributed by atoms with van der Waals surface area (Å²) in [7, 11) is 0. The van der Waals surface area contributed by atoms with Crippen LogP contribution >= 0.6 is 0 Å². The molecule has 158 valence electrons. The van der Waals surface area contributed by atoms with Crippen LogP contribution in [0.15, 0.2) is 77.7 Å². The van der Waals surface area contributed by atoms with Crippen molar-refractivity contribution < 1.29 is 9.47 Å². The molecule has 0 atom stereocenters. The molecule has 0 bridgehead atoms. The van der Waals surface area contributed by atoms with Crippen molar-refractivity contribution in [2.75, 3.05) is 26.2 Å². The minimum absolute atomic E-state index is 0.132. The van der Waals surface area contributed by atoms with Crippen molar-refractivity contribution in [3.8, 4) is 17.2 Å². The number of hydrogen-bond donors (Lipinski definition) is 0. The third-order valence-corrected chi connectivity index (χ3v) is 4.92. The first kappa shape index (κ1) is 21.7. The lowest BCUT2D eigenvalue weighted by molar-refractivity contribution is 0.216. The second kappa shape index (κ2) is 11.2. The monoisotopic (exact) mass is 406 g/mol. The molecule has 3 aromatic rings. The lowest BCUT2D eigenvalue weighted by atomic mass is 10.2. The predicted molar refractivity (Wildman–Crippen MR) is 121 cm³/mol. The minimum atomic E-state index is -0.132. The SMILES string of the molecule is CCCN(CC)CCOc1ccc(-n2ccc(OCc3ccccc3)cc2=O)cc1. The molecule has 5 nitrogen and oxygen atoms in total. The highest BCUT2D eigenvalue weighted by Gasteiger charge is 2.05. The summed E-state index contributed by atoms with van der Waals surface area (Å²) in [4.78, 5) is 14.9. The lowest BCUT2D eigenvalue weighted by Gasteiger charge is -2.19. The molecule has 0 unspecified atom stereocenters. The average Bonchev–Trinajstić information content (AvgIpc) is 2.78. The standard InChI is InChI=1S/C25H30N2O3/c1-3-15-26(4-2)17-18-29-23-12-10-22(11-13-23)27-16-14-24(19-25(27)28)30-20-21-8-6-5-7-9-21/h5-14,16,19H,3-4,15,17-18,20H2,1-2H3. The number of likely N-dealkylation sites (N-methyl/N-ethyl adjacent to an activating group) is 1. The van der Waals surface area contributed by atoms with Gasteiger partial charge in [-0.25, -0.2) is 0 Å². The van der Waals surface area contributed by atoms with Gasteiger partial charge in [0.25, 0.3) is 5.56 Å². The van der Waals surface area contributed by atoms with Gasteiger partial charge in [-0.1, -0.05) is 44.2 Å². The summed E-state index contributed by atoms with van der Waals surface area (Å²) in [6, 6.07) is 20.8. The van der Waals surface area contributed by atoms with Gasteiger partial charge in [-0.2, -0.15) is 0 Å². The highest BCUT2D eigenvalue weighted by atomic mass is 16.5. The summed E-state index contributed by atoms with van der Waals surface area (Å²) in [6.45, 7) is 8.48. The summed E-state index contributed by atoms with van der Waals surface area (Å²) < 4.78 is 13.2. The van der Waals surface area contributed by atoms with Gasteiger partial charge < -0.3 is 14.4 Å². The molecule has 30 heavy (non-hydrogen) atoms. The maximum Gasteiger partial charge on any atom is 0.258 e. The van der Waals surface area contributed by atoms with Gasteiger partial charge in [-0.05, 0) is 55.4 Å². The number of pyridine rings is 1. The molecule has 0 saturated heterocycles. The van der Waals surface area contributed by atoms with E-state index in [0.717, 1.165) is 43.1 Å². The van der Waals surface area contributed by atoms with Crippen LogP contribution in [0.4, 0.5) is 0 Å². The highest BCUT2D eigenvalue weighted by Crippen LogP contribution is 2.16. The smallest absolute Gasteiger partial charge is 0.258 e.